The molecule has 3 aliphatic carbocycles. The molecule has 0 aromatic heterocycles. The zero-order valence-corrected chi connectivity index (χ0v) is 51.7. The van der Waals surface area contributed by atoms with Crippen molar-refractivity contribution in [2.45, 2.75) is 117 Å². The highest BCUT2D eigenvalue weighted by Gasteiger charge is 2.53. The number of Topliss-reactive ketones (excluding diaryl/α,β-unsaturated/α-hetero) is 2. The Labute approximate surface area is 515 Å². The van der Waals surface area contributed by atoms with Crippen LogP contribution in [0.4, 0.5) is 0 Å². The van der Waals surface area contributed by atoms with Crippen LogP contribution in [0.25, 0.3) is 0 Å². The molecule has 6 aliphatic rings. The highest BCUT2D eigenvalue weighted by molar-refractivity contribution is 6.64. The average Bonchev–Trinajstić information content (AvgIpc) is 1.44. The van der Waals surface area contributed by atoms with Gasteiger partial charge in [0.1, 0.15) is 25.6 Å². The first-order valence-corrected chi connectivity index (χ1v) is 30.1. The van der Waals surface area contributed by atoms with Crippen LogP contribution >= 0.6 is 0 Å². The molecule has 0 bridgehead atoms. The first-order chi connectivity index (χ1) is 42.2. The molecule has 7 aromatic carbocycles. The number of methoxy groups -OCH3 is 3. The third kappa shape index (κ3) is 10.9. The van der Waals surface area contributed by atoms with Gasteiger partial charge >= 0.3 is 21.4 Å². The minimum Gasteiger partial charge on any atom is -0.519 e. The minimum absolute atomic E-state index is 0.107. The van der Waals surface area contributed by atoms with Crippen molar-refractivity contribution in [3.8, 4) is 46.0 Å². The van der Waals surface area contributed by atoms with Crippen molar-refractivity contribution in [2.24, 2.45) is 11.8 Å². The summed E-state index contributed by atoms with van der Waals surface area (Å²) in [7, 11) is 3.11. The standard InChI is InChI=1S/C71H71B3O14/c1-68(2)69(3,4)86-73(85-68)52-21-15-18-43(28-52)40-81-62-37-49-31-45-33-58(77-9)61(80-39-42-17-14-20-51(27-42)72-83-57-26-25-56-64(67(57)84-72)66(76)55-24-13-12-23-54(55)65(56)75)36-48(45)30-46-34-59(78-10)63(38-50(46)32-47(49)35-60(62)79-11)82-41-44-19-16-22-53(29-44)74-87-70(5,6)71(7,8)88-74/h12-29,33-38,54-55H,30-32,39-41H2,1-11H3. The second-order valence-electron chi connectivity index (χ2n) is 25.6. The fraction of sp³-hybridized carbons (Fsp3) is 0.324. The SMILES string of the molecule is COc1cc2c(cc1OCc1cccc(B3Oc4ccc5c(c4O3)C(=O)C3C=CC=CC3C5=O)c1)Cc1cc(OC)c(OCc3cccc(B4OC(C)(C)C(C)(C)O4)c3)cc1Cc1cc(OC)c(OCc3cccc(B4OC(C)(C)C(C)(C)O4)c3)cc1C2. The van der Waals surface area contributed by atoms with Gasteiger partial charge in [0.25, 0.3) is 0 Å². The van der Waals surface area contributed by atoms with E-state index in [4.69, 9.17) is 56.3 Å². The minimum atomic E-state index is -0.854. The van der Waals surface area contributed by atoms with E-state index in [0.717, 1.165) is 66.5 Å². The summed E-state index contributed by atoms with van der Waals surface area (Å²) < 4.78 is 77.0. The zero-order chi connectivity index (χ0) is 61.4. The molecule has 3 heterocycles. The smallest absolute Gasteiger partial charge is 0.519 e. The van der Waals surface area contributed by atoms with E-state index in [9.17, 15) is 9.59 Å². The molecule has 2 saturated heterocycles. The summed E-state index contributed by atoms with van der Waals surface area (Å²) in [5.74, 6) is 2.87. The predicted octanol–water partition coefficient (Wildman–Crippen LogP) is 11.0. The number of fused-ring (bicyclic) bond motifs is 7. The number of ketones is 2. The molecule has 14 nitrogen and oxygen atoms in total. The van der Waals surface area contributed by atoms with Gasteiger partial charge in [0.05, 0.1) is 61.1 Å². The Hall–Kier alpha value is -8.21. The van der Waals surface area contributed by atoms with E-state index in [1.165, 1.54) is 0 Å². The average molecular weight is 1180 g/mol. The van der Waals surface area contributed by atoms with Crippen LogP contribution in [0.5, 0.6) is 46.0 Å². The molecule has 0 spiro atoms. The van der Waals surface area contributed by atoms with Gasteiger partial charge in [-0.05, 0) is 184 Å². The Morgan fingerprint density at radius 2 is 0.773 bits per heavy atom. The summed E-state index contributed by atoms with van der Waals surface area (Å²) in [5.41, 5.74) is 10.3. The summed E-state index contributed by atoms with van der Waals surface area (Å²) >= 11 is 0. The molecule has 0 saturated carbocycles. The largest absolute Gasteiger partial charge is 0.632 e. The quantitative estimate of drug-likeness (QED) is 0.0898. The predicted molar refractivity (Wildman–Crippen MR) is 338 cm³/mol. The first-order valence-electron chi connectivity index (χ1n) is 30.1. The van der Waals surface area contributed by atoms with Gasteiger partial charge in [-0.25, -0.2) is 0 Å². The lowest BCUT2D eigenvalue weighted by Crippen LogP contribution is -2.41. The lowest BCUT2D eigenvalue weighted by atomic mass is 9.72. The monoisotopic (exact) mass is 1180 g/mol. The number of benzene rings is 7. The van der Waals surface area contributed by atoms with Crippen LogP contribution in [-0.4, -0.2) is 76.7 Å². The topological polar surface area (TPSA) is 145 Å². The number of allylic oxidation sites excluding steroid dienone is 4. The highest BCUT2D eigenvalue weighted by Crippen LogP contribution is 2.47. The van der Waals surface area contributed by atoms with Crippen LogP contribution < -0.4 is 54.1 Å². The first kappa shape index (κ1) is 58.8. The maximum atomic E-state index is 13.9. The Kier molecular flexibility index (Phi) is 15.2. The lowest BCUT2D eigenvalue weighted by molar-refractivity contribution is 0.00578. The number of carbonyl (C=O) groups excluding carboxylic acids is 2. The summed E-state index contributed by atoms with van der Waals surface area (Å²) in [4.78, 5) is 27.5. The number of ether oxygens (including phenoxy) is 6. The zero-order valence-electron chi connectivity index (χ0n) is 51.7. The van der Waals surface area contributed by atoms with Crippen molar-refractivity contribution in [2.75, 3.05) is 21.3 Å². The van der Waals surface area contributed by atoms with Crippen molar-refractivity contribution in [1.82, 2.24) is 0 Å². The maximum absolute atomic E-state index is 13.9. The summed E-state index contributed by atoms with van der Waals surface area (Å²) in [6.45, 7) is 17.2. The van der Waals surface area contributed by atoms with Gasteiger partial charge < -0.3 is 56.3 Å². The van der Waals surface area contributed by atoms with Crippen molar-refractivity contribution in [1.29, 1.82) is 0 Å². The molecule has 2 atom stereocenters. The molecule has 17 heteroatoms. The van der Waals surface area contributed by atoms with Crippen molar-refractivity contribution >= 4 is 49.3 Å². The Morgan fingerprint density at radius 1 is 0.420 bits per heavy atom. The number of carbonyl (C=O) groups is 2. The highest BCUT2D eigenvalue weighted by atomic mass is 16.7. The molecular weight excluding hydrogens is 1110 g/mol. The Morgan fingerprint density at radius 3 is 1.15 bits per heavy atom. The number of rotatable bonds is 15. The molecule has 88 heavy (non-hydrogen) atoms. The second-order valence-corrected chi connectivity index (χ2v) is 25.6. The van der Waals surface area contributed by atoms with Gasteiger partial charge in [-0.2, -0.15) is 0 Å². The van der Waals surface area contributed by atoms with Crippen LogP contribution in [0.1, 0.15) is 126 Å². The van der Waals surface area contributed by atoms with Crippen molar-refractivity contribution in [3.05, 3.63) is 207 Å². The summed E-state index contributed by atoms with van der Waals surface area (Å²) in [6.07, 6.45) is 8.82. The third-order valence-corrected chi connectivity index (χ3v) is 18.8. The van der Waals surface area contributed by atoms with Crippen LogP contribution in [0.2, 0.25) is 0 Å². The van der Waals surface area contributed by atoms with Gasteiger partial charge in [-0.3, -0.25) is 9.59 Å². The molecule has 0 N–H and O–H groups in total. The molecular formula is C71H71B3O14. The summed E-state index contributed by atoms with van der Waals surface area (Å²) in [6, 6.07) is 39.9. The number of hydrogen-bond donors (Lipinski definition) is 0. The van der Waals surface area contributed by atoms with Gasteiger partial charge in [-0.1, -0.05) is 97.1 Å². The lowest BCUT2D eigenvalue weighted by Gasteiger charge is -2.32. The van der Waals surface area contributed by atoms with Crippen LogP contribution in [0, 0.1) is 11.8 Å². The molecule has 3 aliphatic heterocycles. The van der Waals surface area contributed by atoms with Crippen LogP contribution in [-0.2, 0) is 57.7 Å². The van der Waals surface area contributed by atoms with E-state index >= 15 is 0 Å². The van der Waals surface area contributed by atoms with E-state index in [0.29, 0.717) is 70.8 Å². The van der Waals surface area contributed by atoms with Gasteiger partial charge in [0.15, 0.2) is 51.8 Å². The third-order valence-electron chi connectivity index (χ3n) is 18.8. The van der Waals surface area contributed by atoms with Gasteiger partial charge in [0, 0.05) is 11.0 Å². The van der Waals surface area contributed by atoms with E-state index in [1.54, 1.807) is 45.6 Å². The molecule has 13 rings (SSSR count). The van der Waals surface area contributed by atoms with E-state index < -0.39 is 55.6 Å². The van der Waals surface area contributed by atoms with Crippen LogP contribution in [0.3, 0.4) is 0 Å². The number of hydrogen-bond acceptors (Lipinski definition) is 14. The van der Waals surface area contributed by atoms with E-state index in [-0.39, 0.29) is 37.0 Å². The Bertz CT molecular complexity index is 3870. The van der Waals surface area contributed by atoms with E-state index in [2.05, 4.69) is 104 Å². The maximum Gasteiger partial charge on any atom is 0.632 e. The van der Waals surface area contributed by atoms with Gasteiger partial charge in [0.2, 0.25) is 0 Å². The second kappa shape index (κ2) is 22.7. The molecule has 0 radical (unpaired) electrons. The van der Waals surface area contributed by atoms with E-state index in [1.807, 2.05) is 72.8 Å². The fourth-order valence-corrected chi connectivity index (χ4v) is 12.3. The molecule has 2 unspecified atom stereocenters. The van der Waals surface area contributed by atoms with Crippen molar-refractivity contribution < 1.29 is 65.9 Å². The normalized spacial score (nSPS) is 19.6. The van der Waals surface area contributed by atoms with Crippen molar-refractivity contribution in [3.63, 3.8) is 0 Å². The Balaban J connectivity index is 0.803. The molecule has 7 aromatic rings. The summed E-state index contributed by atoms with van der Waals surface area (Å²) in [5, 5.41) is 0. The van der Waals surface area contributed by atoms with Gasteiger partial charge in [-0.15, -0.1) is 0 Å². The molecule has 0 amide bonds. The molecule has 2 fully saturated rings. The van der Waals surface area contributed by atoms with Crippen LogP contribution in [0.15, 0.2) is 146 Å². The fourth-order valence-electron chi connectivity index (χ4n) is 12.3. The molecule has 448 valence electrons.